The number of hydrogen-bond donors (Lipinski definition) is 1. The largest absolute Gasteiger partial charge is 0.368 e. The molecule has 5 heteroatoms. The zero-order valence-corrected chi connectivity index (χ0v) is 14.5. The molecule has 0 fully saturated rings. The molecule has 1 aliphatic heterocycles. The van der Waals surface area contributed by atoms with E-state index in [-0.39, 0.29) is 0 Å². The highest BCUT2D eigenvalue weighted by molar-refractivity contribution is 8.02. The van der Waals surface area contributed by atoms with Crippen molar-refractivity contribution in [3.63, 3.8) is 0 Å². The van der Waals surface area contributed by atoms with E-state index in [1.807, 2.05) is 17.8 Å². The molecule has 2 N–H and O–H groups in total. The summed E-state index contributed by atoms with van der Waals surface area (Å²) in [5.74, 6) is 0.932. The highest BCUT2D eigenvalue weighted by Crippen LogP contribution is 2.32. The number of hydrogen-bond acceptors (Lipinski definition) is 5. The first-order valence-electron chi connectivity index (χ1n) is 7.81. The van der Waals surface area contributed by atoms with E-state index in [2.05, 4.69) is 65.4 Å². The van der Waals surface area contributed by atoms with Crippen LogP contribution in [0.25, 0.3) is 11.3 Å². The molecule has 2 aromatic rings. The van der Waals surface area contributed by atoms with Gasteiger partial charge in [0.2, 0.25) is 5.95 Å². The highest BCUT2D eigenvalue weighted by Gasteiger charge is 2.23. The smallest absolute Gasteiger partial charge is 0.220 e. The van der Waals surface area contributed by atoms with Crippen LogP contribution in [-0.4, -0.2) is 20.2 Å². The average molecular weight is 326 g/mol. The molecule has 0 amide bonds. The lowest BCUT2D eigenvalue weighted by molar-refractivity contribution is 0.299. The summed E-state index contributed by atoms with van der Waals surface area (Å²) in [4.78, 5) is 10.7. The third-order valence-electron chi connectivity index (χ3n) is 4.03. The molecule has 1 unspecified atom stereocenters. The lowest BCUT2D eigenvalue weighted by Crippen LogP contribution is -2.28. The maximum atomic E-state index is 5.68. The normalized spacial score (nSPS) is 17.2. The van der Waals surface area contributed by atoms with Crippen molar-refractivity contribution in [1.82, 2.24) is 14.9 Å². The fraction of sp³-hybridized carbons (Fsp3) is 0.333. The molecule has 0 saturated heterocycles. The number of nitrogen functional groups attached to an aromatic ring is 1. The van der Waals surface area contributed by atoms with Crippen LogP contribution in [0.4, 0.5) is 5.95 Å². The fourth-order valence-electron chi connectivity index (χ4n) is 2.80. The summed E-state index contributed by atoms with van der Waals surface area (Å²) in [5.41, 5.74) is 10.2. The first-order chi connectivity index (χ1) is 11.0. The van der Waals surface area contributed by atoms with Crippen LogP contribution < -0.4 is 5.73 Å². The van der Waals surface area contributed by atoms with Crippen LogP contribution >= 0.6 is 11.8 Å². The lowest BCUT2D eigenvalue weighted by Gasteiger charge is -2.28. The Hall–Kier alpha value is -2.01. The van der Waals surface area contributed by atoms with E-state index in [4.69, 9.17) is 5.73 Å². The number of rotatable bonds is 4. The Morgan fingerprint density at radius 2 is 2.13 bits per heavy atom. The predicted molar refractivity (Wildman–Crippen MR) is 97.5 cm³/mol. The zero-order chi connectivity index (χ0) is 16.4. The number of benzene rings is 1. The van der Waals surface area contributed by atoms with Gasteiger partial charge in [0.15, 0.2) is 0 Å². The number of thioether (sulfide) groups is 1. The van der Waals surface area contributed by atoms with Crippen molar-refractivity contribution in [2.75, 3.05) is 5.73 Å². The quantitative estimate of drug-likeness (QED) is 0.919. The molecule has 1 atom stereocenters. The number of nitrogens with two attached hydrogens (primary N) is 1. The van der Waals surface area contributed by atoms with Gasteiger partial charge in [0.1, 0.15) is 0 Å². The molecule has 23 heavy (non-hydrogen) atoms. The third-order valence-corrected chi connectivity index (χ3v) is 5.41. The van der Waals surface area contributed by atoms with Crippen molar-refractivity contribution >= 4 is 17.7 Å². The molecular weight excluding hydrogens is 304 g/mol. The van der Waals surface area contributed by atoms with Crippen molar-refractivity contribution < 1.29 is 0 Å². The molecule has 2 heterocycles. The van der Waals surface area contributed by atoms with E-state index in [0.29, 0.717) is 17.2 Å². The standard InChI is InChI=1S/C18H22N4S/c1-12(2)17-22(8-9-23-17)11-15-5-4-14(10-13(15)3)16-6-7-20-18(19)21-16/h4-10,12,17H,11H2,1-3H3,(H2,19,20,21). The van der Waals surface area contributed by atoms with Crippen LogP contribution in [0, 0.1) is 12.8 Å². The molecule has 0 saturated carbocycles. The van der Waals surface area contributed by atoms with Crippen molar-refractivity contribution in [3.8, 4) is 11.3 Å². The Labute approximate surface area is 141 Å². The Bertz CT molecular complexity index is 727. The minimum absolute atomic E-state index is 0.309. The number of anilines is 1. The van der Waals surface area contributed by atoms with Gasteiger partial charge in [-0.05, 0) is 41.5 Å². The van der Waals surface area contributed by atoms with E-state index in [1.165, 1.54) is 11.1 Å². The first-order valence-corrected chi connectivity index (χ1v) is 8.75. The van der Waals surface area contributed by atoms with Crippen molar-refractivity contribution in [3.05, 3.63) is 53.2 Å². The van der Waals surface area contributed by atoms with Gasteiger partial charge in [-0.15, -0.1) is 11.8 Å². The Morgan fingerprint density at radius 3 is 2.83 bits per heavy atom. The number of aromatic nitrogens is 2. The van der Waals surface area contributed by atoms with Gasteiger partial charge in [0.05, 0.1) is 11.1 Å². The zero-order valence-electron chi connectivity index (χ0n) is 13.7. The molecule has 1 aromatic heterocycles. The van der Waals surface area contributed by atoms with Crippen LogP contribution in [0.1, 0.15) is 25.0 Å². The summed E-state index contributed by atoms with van der Waals surface area (Å²) in [6.45, 7) is 7.63. The molecule has 1 aromatic carbocycles. The van der Waals surface area contributed by atoms with Crippen LogP contribution in [0.15, 0.2) is 42.1 Å². The van der Waals surface area contributed by atoms with Crippen LogP contribution in [0.5, 0.6) is 0 Å². The van der Waals surface area contributed by atoms with Gasteiger partial charge in [-0.1, -0.05) is 26.0 Å². The molecule has 120 valence electrons. The molecule has 0 spiro atoms. The Kier molecular flexibility index (Phi) is 4.57. The minimum atomic E-state index is 0.309. The molecule has 0 radical (unpaired) electrons. The summed E-state index contributed by atoms with van der Waals surface area (Å²) in [6, 6.07) is 8.37. The molecule has 1 aliphatic rings. The molecule has 0 bridgehead atoms. The lowest BCUT2D eigenvalue weighted by atomic mass is 10.0. The van der Waals surface area contributed by atoms with Crippen LogP contribution in [-0.2, 0) is 6.54 Å². The molecule has 0 aliphatic carbocycles. The van der Waals surface area contributed by atoms with Gasteiger partial charge in [-0.2, -0.15) is 0 Å². The summed E-state index contributed by atoms with van der Waals surface area (Å²) in [6.07, 6.45) is 3.90. The summed E-state index contributed by atoms with van der Waals surface area (Å²) < 4.78 is 0. The van der Waals surface area contributed by atoms with Crippen molar-refractivity contribution in [2.24, 2.45) is 5.92 Å². The monoisotopic (exact) mass is 326 g/mol. The molecular formula is C18H22N4S. The van der Waals surface area contributed by atoms with E-state index < -0.39 is 0 Å². The van der Waals surface area contributed by atoms with Gasteiger partial charge < -0.3 is 10.6 Å². The van der Waals surface area contributed by atoms with E-state index in [1.54, 1.807) is 6.20 Å². The van der Waals surface area contributed by atoms with E-state index >= 15 is 0 Å². The van der Waals surface area contributed by atoms with Crippen molar-refractivity contribution in [1.29, 1.82) is 0 Å². The second-order valence-corrected chi connectivity index (χ2v) is 7.20. The predicted octanol–water partition coefficient (Wildman–Crippen LogP) is 4.04. The first kappa shape index (κ1) is 15.9. The molecule has 4 nitrogen and oxygen atoms in total. The maximum absolute atomic E-state index is 5.68. The Morgan fingerprint density at radius 1 is 1.30 bits per heavy atom. The van der Waals surface area contributed by atoms with Gasteiger partial charge >= 0.3 is 0 Å². The van der Waals surface area contributed by atoms with Gasteiger partial charge in [-0.3, -0.25) is 0 Å². The average Bonchev–Trinajstić information content (AvgIpc) is 2.98. The van der Waals surface area contributed by atoms with Crippen LogP contribution in [0.2, 0.25) is 0 Å². The summed E-state index contributed by atoms with van der Waals surface area (Å²) in [5, 5.41) is 2.72. The van der Waals surface area contributed by atoms with Crippen LogP contribution in [0.3, 0.4) is 0 Å². The fourth-order valence-corrected chi connectivity index (χ4v) is 3.81. The SMILES string of the molecule is Cc1cc(-c2ccnc(N)n2)ccc1CN1C=CSC1C(C)C. The van der Waals surface area contributed by atoms with Crippen molar-refractivity contribution in [2.45, 2.75) is 32.7 Å². The topological polar surface area (TPSA) is 55.0 Å². The molecule has 3 rings (SSSR count). The highest BCUT2D eigenvalue weighted by atomic mass is 32.2. The number of nitrogens with zero attached hydrogens (tertiary/aromatic N) is 3. The summed E-state index contributed by atoms with van der Waals surface area (Å²) >= 11 is 1.90. The Balaban J connectivity index is 1.81. The van der Waals surface area contributed by atoms with E-state index in [0.717, 1.165) is 17.8 Å². The van der Waals surface area contributed by atoms with Gasteiger partial charge in [0.25, 0.3) is 0 Å². The minimum Gasteiger partial charge on any atom is -0.368 e. The summed E-state index contributed by atoms with van der Waals surface area (Å²) in [7, 11) is 0. The van der Waals surface area contributed by atoms with Gasteiger partial charge in [-0.25, -0.2) is 9.97 Å². The maximum Gasteiger partial charge on any atom is 0.220 e. The second kappa shape index (κ2) is 6.62. The van der Waals surface area contributed by atoms with E-state index in [9.17, 15) is 0 Å². The second-order valence-electron chi connectivity index (χ2n) is 6.17. The van der Waals surface area contributed by atoms with Gasteiger partial charge in [0, 0.05) is 24.5 Å². The number of aryl methyl sites for hydroxylation is 1. The third kappa shape index (κ3) is 3.50.